The molecule has 2 aromatic rings. The van der Waals surface area contributed by atoms with E-state index >= 15 is 0 Å². The van der Waals surface area contributed by atoms with Gasteiger partial charge >= 0.3 is 6.18 Å². The Labute approximate surface area is 185 Å². The van der Waals surface area contributed by atoms with E-state index in [0.29, 0.717) is 41.2 Å². The summed E-state index contributed by atoms with van der Waals surface area (Å²) >= 11 is 0.634. The molecule has 3 rings (SSSR count). The lowest BCUT2D eigenvalue weighted by molar-refractivity contribution is -0.267. The lowest BCUT2D eigenvalue weighted by Crippen LogP contribution is -2.49. The van der Waals surface area contributed by atoms with E-state index < -0.39 is 29.1 Å². The van der Waals surface area contributed by atoms with Crippen LogP contribution in [0.4, 0.5) is 13.2 Å². The maximum atomic E-state index is 13.5. The summed E-state index contributed by atoms with van der Waals surface area (Å²) in [5.41, 5.74) is -2.17. The van der Waals surface area contributed by atoms with Crippen LogP contribution < -0.4 is 10.6 Å². The van der Waals surface area contributed by atoms with Crippen molar-refractivity contribution in [3.63, 3.8) is 0 Å². The van der Waals surface area contributed by atoms with Gasteiger partial charge in [-0.15, -0.1) is 11.3 Å². The average Bonchev–Trinajstić information content (AvgIpc) is 3.18. The van der Waals surface area contributed by atoms with Crippen LogP contribution in [0.15, 0.2) is 29.6 Å². The summed E-state index contributed by atoms with van der Waals surface area (Å²) in [6.45, 7) is 2.13. The summed E-state index contributed by atoms with van der Waals surface area (Å²) in [6, 6.07) is 6.14. The first kappa shape index (κ1) is 23.7. The van der Waals surface area contributed by atoms with Crippen molar-refractivity contribution in [1.82, 2.24) is 20.5 Å². The number of carbonyl (C=O) groups excluding carboxylic acids is 3. The zero-order chi connectivity index (χ0) is 23.5. The predicted molar refractivity (Wildman–Crippen MR) is 109 cm³/mol. The van der Waals surface area contributed by atoms with E-state index in [0.717, 1.165) is 0 Å². The molecule has 0 aliphatic carbocycles. The number of nitrogens with one attached hydrogen (secondary N) is 2. The van der Waals surface area contributed by atoms with Crippen molar-refractivity contribution in [1.29, 1.82) is 0 Å². The van der Waals surface area contributed by atoms with Crippen LogP contribution in [0.1, 0.15) is 33.0 Å². The second kappa shape index (κ2) is 9.25. The molecule has 8 nitrogen and oxygen atoms in total. The van der Waals surface area contributed by atoms with Gasteiger partial charge in [0.1, 0.15) is 5.01 Å². The van der Waals surface area contributed by atoms with E-state index in [1.54, 1.807) is 12.1 Å². The first-order chi connectivity index (χ1) is 15.0. The topological polar surface area (TPSA) is 112 Å². The molecule has 12 heteroatoms. The lowest BCUT2D eigenvalue weighted by Gasteiger charge is -2.28. The van der Waals surface area contributed by atoms with Crippen LogP contribution in [0.25, 0.3) is 0 Å². The van der Waals surface area contributed by atoms with Gasteiger partial charge in [-0.1, -0.05) is 12.1 Å². The zero-order valence-electron chi connectivity index (χ0n) is 17.0. The standard InChI is InChI=1S/C20H21F3N4O4S/c1-12-11-32-18(26-12)19(31,20(21,22)23)8-15(28)25-9-13-2-4-14(5-3-13)17(30)27-7-6-24-16(29)10-27/h2-5,11,31H,6-10H2,1H3,(H,24,29)(H,25,28). The van der Waals surface area contributed by atoms with Gasteiger partial charge in [-0.25, -0.2) is 4.98 Å². The van der Waals surface area contributed by atoms with Gasteiger partial charge in [0, 0.05) is 36.3 Å². The molecular formula is C20H21F3N4O4S. The molecule has 3 amide bonds. The summed E-state index contributed by atoms with van der Waals surface area (Å²) in [4.78, 5) is 41.2. The number of halogens is 3. The van der Waals surface area contributed by atoms with Crippen LogP contribution >= 0.6 is 11.3 Å². The Bertz CT molecular complexity index is 1010. The fourth-order valence-electron chi connectivity index (χ4n) is 3.10. The van der Waals surface area contributed by atoms with Gasteiger partial charge in [0.05, 0.1) is 13.0 Å². The van der Waals surface area contributed by atoms with Gasteiger partial charge in [-0.05, 0) is 24.6 Å². The largest absolute Gasteiger partial charge is 0.424 e. The van der Waals surface area contributed by atoms with Gasteiger partial charge in [-0.3, -0.25) is 14.4 Å². The van der Waals surface area contributed by atoms with Crippen LogP contribution in [0.3, 0.4) is 0 Å². The Balaban J connectivity index is 1.60. The third kappa shape index (κ3) is 5.25. The third-order valence-corrected chi connectivity index (χ3v) is 5.99. The van der Waals surface area contributed by atoms with Crippen LogP contribution in [0.5, 0.6) is 0 Å². The Morgan fingerprint density at radius 1 is 1.28 bits per heavy atom. The number of carbonyl (C=O) groups is 3. The second-order valence-corrected chi connectivity index (χ2v) is 8.24. The highest BCUT2D eigenvalue weighted by Gasteiger charge is 2.58. The monoisotopic (exact) mass is 470 g/mol. The molecule has 3 N–H and O–H groups in total. The molecule has 0 spiro atoms. The quantitative estimate of drug-likeness (QED) is 0.592. The summed E-state index contributed by atoms with van der Waals surface area (Å²) in [7, 11) is 0. The van der Waals surface area contributed by atoms with E-state index in [1.807, 2.05) is 0 Å². The number of amides is 3. The predicted octanol–water partition coefficient (Wildman–Crippen LogP) is 1.48. The molecule has 1 atom stereocenters. The van der Waals surface area contributed by atoms with Crippen molar-refractivity contribution in [2.75, 3.05) is 19.6 Å². The number of piperazine rings is 1. The summed E-state index contributed by atoms with van der Waals surface area (Å²) < 4.78 is 40.5. The molecule has 1 aromatic carbocycles. The maximum Gasteiger partial charge on any atom is 0.424 e. The lowest BCUT2D eigenvalue weighted by atomic mass is 9.99. The van der Waals surface area contributed by atoms with Gasteiger partial charge in [0.25, 0.3) is 5.91 Å². The summed E-state index contributed by atoms with van der Waals surface area (Å²) in [5.74, 6) is -1.56. The van der Waals surface area contributed by atoms with Crippen molar-refractivity contribution >= 4 is 29.1 Å². The number of aliphatic hydroxyl groups is 1. The molecule has 2 heterocycles. The number of aromatic nitrogens is 1. The summed E-state index contributed by atoms with van der Waals surface area (Å²) in [6.07, 6.45) is -6.31. The fraction of sp³-hybridized carbons (Fsp3) is 0.400. The second-order valence-electron chi connectivity index (χ2n) is 7.38. The minimum Gasteiger partial charge on any atom is -0.374 e. The van der Waals surface area contributed by atoms with E-state index in [4.69, 9.17) is 0 Å². The van der Waals surface area contributed by atoms with Crippen LogP contribution in [0.2, 0.25) is 0 Å². The number of rotatable bonds is 6. The molecule has 1 aliphatic rings. The number of hydrogen-bond acceptors (Lipinski definition) is 6. The van der Waals surface area contributed by atoms with E-state index in [9.17, 15) is 32.7 Å². The fourth-order valence-corrected chi connectivity index (χ4v) is 4.01. The number of alkyl halides is 3. The van der Waals surface area contributed by atoms with Crippen molar-refractivity contribution in [2.24, 2.45) is 0 Å². The molecule has 0 radical (unpaired) electrons. The molecule has 1 aromatic heterocycles. The Morgan fingerprint density at radius 2 is 1.97 bits per heavy atom. The highest BCUT2D eigenvalue weighted by Crippen LogP contribution is 2.42. The number of benzene rings is 1. The van der Waals surface area contributed by atoms with Gasteiger partial charge < -0.3 is 20.6 Å². The first-order valence-corrected chi connectivity index (χ1v) is 10.5. The molecule has 32 heavy (non-hydrogen) atoms. The van der Waals surface area contributed by atoms with Crippen LogP contribution in [0, 0.1) is 6.92 Å². The molecule has 0 saturated carbocycles. The number of hydrogen-bond donors (Lipinski definition) is 3. The van der Waals surface area contributed by atoms with E-state index in [-0.39, 0.29) is 24.9 Å². The molecule has 1 fully saturated rings. The van der Waals surface area contributed by atoms with Crippen molar-refractivity contribution in [3.8, 4) is 0 Å². The number of thiazole rings is 1. The third-order valence-electron chi connectivity index (χ3n) is 4.87. The summed E-state index contributed by atoms with van der Waals surface area (Å²) in [5, 5.41) is 16.0. The van der Waals surface area contributed by atoms with Gasteiger partial charge in [-0.2, -0.15) is 13.2 Å². The van der Waals surface area contributed by atoms with Crippen molar-refractivity contribution in [2.45, 2.75) is 31.7 Å². The molecule has 172 valence electrons. The van der Waals surface area contributed by atoms with Crippen LogP contribution in [-0.4, -0.2) is 58.5 Å². The molecule has 1 aliphatic heterocycles. The van der Waals surface area contributed by atoms with E-state index in [2.05, 4.69) is 15.6 Å². The SMILES string of the molecule is Cc1csc(C(O)(CC(=O)NCc2ccc(C(=O)N3CCNC(=O)C3)cc2)C(F)(F)F)n1. The number of nitrogens with zero attached hydrogens (tertiary/aromatic N) is 2. The Hall–Kier alpha value is -2.99. The smallest absolute Gasteiger partial charge is 0.374 e. The molecule has 0 bridgehead atoms. The van der Waals surface area contributed by atoms with Gasteiger partial charge in [0.15, 0.2) is 0 Å². The molecule has 1 unspecified atom stereocenters. The normalized spacial score (nSPS) is 16.3. The Morgan fingerprint density at radius 3 is 2.53 bits per heavy atom. The van der Waals surface area contributed by atoms with Gasteiger partial charge in [0.2, 0.25) is 17.4 Å². The number of aryl methyl sites for hydroxylation is 1. The molecular weight excluding hydrogens is 449 g/mol. The zero-order valence-corrected chi connectivity index (χ0v) is 17.8. The highest BCUT2D eigenvalue weighted by molar-refractivity contribution is 7.09. The average molecular weight is 470 g/mol. The highest BCUT2D eigenvalue weighted by atomic mass is 32.1. The van der Waals surface area contributed by atoms with Crippen molar-refractivity contribution < 1.29 is 32.7 Å². The van der Waals surface area contributed by atoms with E-state index in [1.165, 1.54) is 29.3 Å². The molecule has 1 saturated heterocycles. The van der Waals surface area contributed by atoms with Crippen LogP contribution in [-0.2, 0) is 21.7 Å². The maximum absolute atomic E-state index is 13.5. The Kier molecular flexibility index (Phi) is 6.84. The minimum atomic E-state index is -5.08. The first-order valence-electron chi connectivity index (χ1n) is 9.63. The minimum absolute atomic E-state index is 0.0304. The van der Waals surface area contributed by atoms with Crippen molar-refractivity contribution in [3.05, 3.63) is 51.5 Å².